The Bertz CT molecular complexity index is 854. The Labute approximate surface area is 160 Å². The zero-order valence-electron chi connectivity index (χ0n) is 15.4. The molecule has 0 saturated heterocycles. The summed E-state index contributed by atoms with van der Waals surface area (Å²) in [6, 6.07) is 20.4. The van der Waals surface area contributed by atoms with Crippen molar-refractivity contribution in [2.24, 2.45) is 5.92 Å². The van der Waals surface area contributed by atoms with Crippen LogP contribution in [0.1, 0.15) is 30.4 Å². The van der Waals surface area contributed by atoms with Crippen LogP contribution in [0.2, 0.25) is 0 Å². The summed E-state index contributed by atoms with van der Waals surface area (Å²) in [6.07, 6.45) is 5.62. The van der Waals surface area contributed by atoms with Gasteiger partial charge in [-0.3, -0.25) is 4.79 Å². The summed E-state index contributed by atoms with van der Waals surface area (Å²) < 4.78 is 0. The predicted octanol–water partition coefficient (Wildman–Crippen LogP) is 4.16. The Kier molecular flexibility index (Phi) is 5.21. The molecule has 0 fully saturated rings. The molecule has 2 aromatic carbocycles. The summed E-state index contributed by atoms with van der Waals surface area (Å²) >= 11 is 0. The number of hydrogen-bond donors (Lipinski definition) is 1. The molecular weight excluding hydrogens is 334 g/mol. The highest BCUT2D eigenvalue weighted by atomic mass is 16.3. The number of rotatable bonds is 3. The van der Waals surface area contributed by atoms with Crippen molar-refractivity contribution in [1.29, 1.82) is 0 Å². The van der Waals surface area contributed by atoms with E-state index < -0.39 is 6.10 Å². The van der Waals surface area contributed by atoms with Gasteiger partial charge in [0.15, 0.2) is 0 Å². The number of nitrogens with zero attached hydrogens (tertiary/aromatic N) is 1. The van der Waals surface area contributed by atoms with E-state index in [0.717, 1.165) is 24.1 Å². The fourth-order valence-corrected chi connectivity index (χ4v) is 4.10. The van der Waals surface area contributed by atoms with E-state index in [1.54, 1.807) is 0 Å². The van der Waals surface area contributed by atoms with Gasteiger partial charge in [-0.2, -0.15) is 0 Å². The van der Waals surface area contributed by atoms with Gasteiger partial charge in [0.2, 0.25) is 5.91 Å². The van der Waals surface area contributed by atoms with Gasteiger partial charge in [0, 0.05) is 19.0 Å². The fourth-order valence-electron chi connectivity index (χ4n) is 4.10. The SMILES string of the molecule is O=C(C1CC(c2ccccc2)=CC(O)C1)N1CC=C(c2ccccc2)CC1. The van der Waals surface area contributed by atoms with E-state index >= 15 is 0 Å². The van der Waals surface area contributed by atoms with Crippen molar-refractivity contribution >= 4 is 17.1 Å². The minimum Gasteiger partial charge on any atom is -0.389 e. The standard InChI is InChI=1S/C24H25NO2/c26-23-16-21(19-9-5-2-6-10-19)15-22(17-23)24(27)25-13-11-20(12-14-25)18-7-3-1-4-8-18/h1-11,16,22-23,26H,12-15,17H2. The molecule has 2 aromatic rings. The Balaban J connectivity index is 1.44. The quantitative estimate of drug-likeness (QED) is 0.894. The Hall–Kier alpha value is -2.65. The zero-order chi connectivity index (χ0) is 18.6. The Morgan fingerprint density at radius 1 is 0.926 bits per heavy atom. The average molecular weight is 359 g/mol. The first kappa shape index (κ1) is 17.7. The van der Waals surface area contributed by atoms with Crippen molar-refractivity contribution in [1.82, 2.24) is 4.90 Å². The van der Waals surface area contributed by atoms with Gasteiger partial charge in [-0.05, 0) is 41.5 Å². The van der Waals surface area contributed by atoms with E-state index in [1.165, 1.54) is 11.1 Å². The van der Waals surface area contributed by atoms with Gasteiger partial charge in [-0.1, -0.05) is 72.8 Å². The van der Waals surface area contributed by atoms with Crippen molar-refractivity contribution in [3.8, 4) is 0 Å². The highest BCUT2D eigenvalue weighted by molar-refractivity contribution is 5.84. The van der Waals surface area contributed by atoms with E-state index in [-0.39, 0.29) is 11.8 Å². The molecule has 138 valence electrons. The number of carbonyl (C=O) groups is 1. The lowest BCUT2D eigenvalue weighted by Crippen LogP contribution is -2.40. The van der Waals surface area contributed by atoms with Crippen LogP contribution in [0.25, 0.3) is 11.1 Å². The molecule has 1 N–H and O–H groups in total. The van der Waals surface area contributed by atoms with Gasteiger partial charge < -0.3 is 10.0 Å². The van der Waals surface area contributed by atoms with Crippen LogP contribution in [0.3, 0.4) is 0 Å². The molecule has 2 atom stereocenters. The summed E-state index contributed by atoms with van der Waals surface area (Å²) in [5, 5.41) is 10.3. The number of benzene rings is 2. The second kappa shape index (κ2) is 7.93. The first-order valence-corrected chi connectivity index (χ1v) is 9.68. The van der Waals surface area contributed by atoms with Crippen molar-refractivity contribution in [3.63, 3.8) is 0 Å². The second-order valence-electron chi connectivity index (χ2n) is 7.39. The van der Waals surface area contributed by atoms with Crippen LogP contribution in [0, 0.1) is 5.92 Å². The Morgan fingerprint density at radius 3 is 2.15 bits per heavy atom. The third-order valence-corrected chi connectivity index (χ3v) is 5.55. The Morgan fingerprint density at radius 2 is 1.56 bits per heavy atom. The normalized spacial score (nSPS) is 22.8. The van der Waals surface area contributed by atoms with Gasteiger partial charge in [0.05, 0.1) is 6.10 Å². The van der Waals surface area contributed by atoms with Gasteiger partial charge in [0.25, 0.3) is 0 Å². The molecule has 1 aliphatic carbocycles. The van der Waals surface area contributed by atoms with E-state index in [2.05, 4.69) is 30.3 Å². The number of amides is 1. The van der Waals surface area contributed by atoms with Crippen molar-refractivity contribution in [2.45, 2.75) is 25.4 Å². The highest BCUT2D eigenvalue weighted by Crippen LogP contribution is 2.33. The third-order valence-electron chi connectivity index (χ3n) is 5.55. The number of aliphatic hydroxyl groups excluding tert-OH is 1. The smallest absolute Gasteiger partial charge is 0.226 e. The van der Waals surface area contributed by atoms with Gasteiger partial charge in [0.1, 0.15) is 0 Å². The highest BCUT2D eigenvalue weighted by Gasteiger charge is 2.31. The van der Waals surface area contributed by atoms with Crippen LogP contribution in [0.5, 0.6) is 0 Å². The fraction of sp³-hybridized carbons (Fsp3) is 0.292. The summed E-state index contributed by atoms with van der Waals surface area (Å²) in [6.45, 7) is 1.40. The molecule has 0 saturated carbocycles. The number of hydrogen-bond acceptors (Lipinski definition) is 2. The van der Waals surface area contributed by atoms with Gasteiger partial charge in [-0.25, -0.2) is 0 Å². The van der Waals surface area contributed by atoms with Crippen LogP contribution in [-0.2, 0) is 4.79 Å². The van der Waals surface area contributed by atoms with E-state index in [1.807, 2.05) is 47.4 Å². The van der Waals surface area contributed by atoms with Crippen LogP contribution >= 0.6 is 0 Å². The molecule has 1 aliphatic heterocycles. The molecule has 3 nitrogen and oxygen atoms in total. The molecule has 2 aliphatic rings. The van der Waals surface area contributed by atoms with Crippen LogP contribution in [0.4, 0.5) is 0 Å². The van der Waals surface area contributed by atoms with Crippen molar-refractivity contribution < 1.29 is 9.90 Å². The largest absolute Gasteiger partial charge is 0.389 e. The molecule has 1 heterocycles. The predicted molar refractivity (Wildman–Crippen MR) is 109 cm³/mol. The molecule has 0 bridgehead atoms. The number of aliphatic hydroxyl groups is 1. The molecule has 0 spiro atoms. The number of carbonyl (C=O) groups excluding carboxylic acids is 1. The van der Waals surface area contributed by atoms with E-state index in [4.69, 9.17) is 0 Å². The maximum absolute atomic E-state index is 13.1. The lowest BCUT2D eigenvalue weighted by Gasteiger charge is -2.33. The molecule has 27 heavy (non-hydrogen) atoms. The van der Waals surface area contributed by atoms with Crippen molar-refractivity contribution in [3.05, 3.63) is 83.9 Å². The summed E-state index contributed by atoms with van der Waals surface area (Å²) in [5.41, 5.74) is 4.73. The van der Waals surface area contributed by atoms with E-state index in [9.17, 15) is 9.90 Å². The number of allylic oxidation sites excluding steroid dienone is 1. The minimum atomic E-state index is -0.553. The first-order chi connectivity index (χ1) is 13.2. The molecule has 3 heteroatoms. The van der Waals surface area contributed by atoms with Crippen LogP contribution in [0.15, 0.2) is 72.8 Å². The molecule has 0 radical (unpaired) electrons. The monoisotopic (exact) mass is 359 g/mol. The lowest BCUT2D eigenvalue weighted by atomic mass is 9.83. The lowest BCUT2D eigenvalue weighted by molar-refractivity contribution is -0.136. The molecule has 2 unspecified atom stereocenters. The van der Waals surface area contributed by atoms with Crippen molar-refractivity contribution in [2.75, 3.05) is 13.1 Å². The summed E-state index contributed by atoms with van der Waals surface area (Å²) in [5.74, 6) is 0.0193. The minimum absolute atomic E-state index is 0.146. The van der Waals surface area contributed by atoms with Gasteiger partial charge in [-0.15, -0.1) is 0 Å². The van der Waals surface area contributed by atoms with Gasteiger partial charge >= 0.3 is 0 Å². The molecule has 1 amide bonds. The summed E-state index contributed by atoms with van der Waals surface area (Å²) in [7, 11) is 0. The molecular formula is C24H25NO2. The average Bonchev–Trinajstić information content (AvgIpc) is 2.74. The molecule has 4 rings (SSSR count). The molecule has 0 aromatic heterocycles. The van der Waals surface area contributed by atoms with Crippen LogP contribution < -0.4 is 0 Å². The van der Waals surface area contributed by atoms with E-state index in [0.29, 0.717) is 19.4 Å². The summed E-state index contributed by atoms with van der Waals surface area (Å²) in [4.78, 5) is 15.0. The maximum atomic E-state index is 13.1. The van der Waals surface area contributed by atoms with Crippen LogP contribution in [-0.4, -0.2) is 35.1 Å². The zero-order valence-corrected chi connectivity index (χ0v) is 15.4. The third kappa shape index (κ3) is 4.04. The topological polar surface area (TPSA) is 40.5 Å². The maximum Gasteiger partial charge on any atom is 0.226 e. The second-order valence-corrected chi connectivity index (χ2v) is 7.39. The first-order valence-electron chi connectivity index (χ1n) is 9.68.